The molecule has 0 amide bonds. The zero-order chi connectivity index (χ0) is 57.2. The number of rotatable bonds is 22. The molecule has 78 heavy (non-hydrogen) atoms. The number of hydroxylamine groups is 4. The highest BCUT2D eigenvalue weighted by Crippen LogP contribution is 2.60. The lowest BCUT2D eigenvalue weighted by Crippen LogP contribution is -2.71. The van der Waals surface area contributed by atoms with Crippen molar-refractivity contribution in [2.24, 2.45) is 10.8 Å². The second-order valence-electron chi connectivity index (χ2n) is 19.1. The standard InChI is InChI=1S/C54H58F2N6O16/c1-33-43(48(64)76-26-25-58(5)32-36-17-11-8-12-18-36)44(37-19-13-21-39(27-37)61(71)72)45(47(63)75-6)41(29-55)59(33)77-49(65)50(66)78-60-34(2)54(52(69)70,23-24-57(4)31-35-15-9-7-10-16-35)46(53(3,51(67)68)42(60)30-56)38-20-14-22-40(28-38)62(73)74/h7-22,27-28,34,42,44,46H,23-26,29-32H2,1-6H3,(H,67,68)(H,69,70). The van der Waals surface area contributed by atoms with E-state index in [1.165, 1.54) is 31.2 Å². The Balaban J connectivity index is 1.42. The van der Waals surface area contributed by atoms with Gasteiger partial charge in [0, 0.05) is 49.8 Å². The number of nitrogens with zero attached hydrogens (tertiary/aromatic N) is 6. The van der Waals surface area contributed by atoms with Crippen LogP contribution in [0.5, 0.6) is 0 Å². The molecule has 0 saturated carbocycles. The number of nitro groups is 2. The highest BCUT2D eigenvalue weighted by atomic mass is 19.1. The fourth-order valence-electron chi connectivity index (χ4n) is 10.5. The Labute approximate surface area is 446 Å². The van der Waals surface area contributed by atoms with Gasteiger partial charge >= 0.3 is 35.8 Å². The third kappa shape index (κ3) is 12.0. The number of carbonyl (C=O) groups excluding carboxylic acids is 4. The molecule has 1 fully saturated rings. The van der Waals surface area contributed by atoms with Crippen molar-refractivity contribution in [2.45, 2.75) is 64.2 Å². The maximum atomic E-state index is 15.9. The molecule has 6 unspecified atom stereocenters. The van der Waals surface area contributed by atoms with Crippen molar-refractivity contribution in [3.05, 3.63) is 174 Å². The van der Waals surface area contributed by atoms with Crippen LogP contribution in [0.15, 0.2) is 132 Å². The maximum absolute atomic E-state index is 15.9. The van der Waals surface area contributed by atoms with Crippen LogP contribution in [0.1, 0.15) is 61.3 Å². The van der Waals surface area contributed by atoms with Gasteiger partial charge in [0.2, 0.25) is 0 Å². The Morgan fingerprint density at radius 3 is 1.74 bits per heavy atom. The number of carboxylic acids is 2. The van der Waals surface area contributed by atoms with Crippen LogP contribution in [0.25, 0.3) is 0 Å². The van der Waals surface area contributed by atoms with Crippen LogP contribution in [0.4, 0.5) is 20.2 Å². The van der Waals surface area contributed by atoms with Crippen molar-refractivity contribution in [1.82, 2.24) is 19.9 Å². The Kier molecular flexibility index (Phi) is 18.9. The van der Waals surface area contributed by atoms with Gasteiger partial charge in [0.1, 0.15) is 25.7 Å². The second kappa shape index (κ2) is 25.1. The molecular formula is C54H58F2N6O16. The molecule has 4 aromatic carbocycles. The number of halogens is 2. The van der Waals surface area contributed by atoms with Crippen LogP contribution in [-0.2, 0) is 61.0 Å². The highest BCUT2D eigenvalue weighted by Gasteiger charge is 2.70. The van der Waals surface area contributed by atoms with Gasteiger partial charge in [0.15, 0.2) is 0 Å². The van der Waals surface area contributed by atoms with Gasteiger partial charge in [-0.1, -0.05) is 84.9 Å². The first-order valence-corrected chi connectivity index (χ1v) is 24.3. The Bertz CT molecular complexity index is 3000. The van der Waals surface area contributed by atoms with Gasteiger partial charge in [-0.05, 0) is 70.1 Å². The van der Waals surface area contributed by atoms with Crippen molar-refractivity contribution in [3.8, 4) is 0 Å². The molecule has 1 saturated heterocycles. The number of alkyl halides is 2. The van der Waals surface area contributed by atoms with E-state index in [9.17, 15) is 59.2 Å². The molecule has 22 nitrogen and oxygen atoms in total. The van der Waals surface area contributed by atoms with E-state index in [-0.39, 0.29) is 37.4 Å². The van der Waals surface area contributed by atoms with E-state index < -0.39 is 134 Å². The molecule has 6 atom stereocenters. The fraction of sp³-hybridized carbons (Fsp3) is 0.370. The maximum Gasteiger partial charge on any atom is 0.443 e. The largest absolute Gasteiger partial charge is 0.481 e. The summed E-state index contributed by atoms with van der Waals surface area (Å²) in [5.74, 6) is -13.6. The van der Waals surface area contributed by atoms with Crippen molar-refractivity contribution >= 4 is 47.2 Å². The van der Waals surface area contributed by atoms with Crippen molar-refractivity contribution < 1.29 is 76.8 Å². The van der Waals surface area contributed by atoms with Crippen molar-refractivity contribution in [3.63, 3.8) is 0 Å². The molecule has 2 aliphatic rings. The first-order valence-electron chi connectivity index (χ1n) is 24.3. The minimum Gasteiger partial charge on any atom is -0.481 e. The SMILES string of the molecule is COC(=O)C1=C(CF)N(OC(=O)C(=O)ON2C(CF)C(C)(C(=O)O)C(c3cccc([N+](=O)[O-])c3)C(CCN(C)Cc3ccccc3)(C(=O)O)C2C)C(C)=C(C(=O)OCCN(C)Cc2ccccc2)C1c1cccc([N+](=O)[O-])c1. The van der Waals surface area contributed by atoms with E-state index in [2.05, 4.69) is 0 Å². The summed E-state index contributed by atoms with van der Waals surface area (Å²) in [6, 6.07) is 23.6. The van der Waals surface area contributed by atoms with Crippen molar-refractivity contribution in [2.75, 3.05) is 54.3 Å². The number of allylic oxidation sites excluding steroid dienone is 2. The van der Waals surface area contributed by atoms with Crippen LogP contribution >= 0.6 is 0 Å². The number of benzene rings is 4. The number of hydrogen-bond acceptors (Lipinski definition) is 18. The number of nitro benzene ring substituents is 2. The first kappa shape index (κ1) is 58.8. The van der Waals surface area contributed by atoms with E-state index in [4.69, 9.17) is 19.1 Å². The van der Waals surface area contributed by atoms with Gasteiger partial charge in [-0.25, -0.2) is 28.0 Å². The number of carbonyl (C=O) groups is 6. The molecule has 2 N–H and O–H groups in total. The lowest BCUT2D eigenvalue weighted by molar-refractivity contribution is -0.385. The van der Waals surface area contributed by atoms with E-state index in [0.717, 1.165) is 56.3 Å². The number of methoxy groups -OCH3 is 1. The van der Waals surface area contributed by atoms with Crippen LogP contribution in [0.2, 0.25) is 0 Å². The number of ether oxygens (including phenoxy) is 2. The molecule has 0 aliphatic carbocycles. The minimum atomic E-state index is -2.64. The van der Waals surface area contributed by atoms with E-state index in [1.807, 2.05) is 47.4 Å². The number of piperidine rings is 1. The van der Waals surface area contributed by atoms with Gasteiger partial charge < -0.3 is 34.3 Å². The topological polar surface area (TPSA) is 279 Å². The molecule has 4 aromatic rings. The number of aliphatic carboxylic acids is 2. The third-order valence-electron chi connectivity index (χ3n) is 14.4. The Hall–Kier alpha value is -8.48. The summed E-state index contributed by atoms with van der Waals surface area (Å²) in [4.78, 5) is 122. The normalized spacial score (nSPS) is 21.5. The molecule has 0 bridgehead atoms. The Morgan fingerprint density at radius 2 is 1.24 bits per heavy atom. The summed E-state index contributed by atoms with van der Waals surface area (Å²) in [6.07, 6.45) is -0.465. The minimum absolute atomic E-state index is 0.106. The van der Waals surface area contributed by atoms with Gasteiger partial charge in [-0.15, -0.1) is 5.06 Å². The summed E-state index contributed by atoms with van der Waals surface area (Å²) >= 11 is 0. The molecule has 24 heteroatoms. The monoisotopic (exact) mass is 1080 g/mol. The van der Waals surface area contributed by atoms with Crippen LogP contribution in [0.3, 0.4) is 0 Å². The van der Waals surface area contributed by atoms with E-state index in [1.54, 1.807) is 37.2 Å². The van der Waals surface area contributed by atoms with Gasteiger partial charge in [0.25, 0.3) is 11.4 Å². The summed E-state index contributed by atoms with van der Waals surface area (Å²) < 4.78 is 42.3. The average Bonchev–Trinajstić information content (AvgIpc) is 3.54. The third-order valence-corrected chi connectivity index (χ3v) is 14.4. The molecule has 414 valence electrons. The van der Waals surface area contributed by atoms with Crippen LogP contribution in [0, 0.1) is 31.1 Å². The molecule has 6 rings (SSSR count). The summed E-state index contributed by atoms with van der Waals surface area (Å²) in [6.45, 7) is 0.380. The second-order valence-corrected chi connectivity index (χ2v) is 19.1. The van der Waals surface area contributed by atoms with Crippen LogP contribution in [-0.4, -0.2) is 142 Å². The number of non-ortho nitro benzene ring substituents is 2. The lowest BCUT2D eigenvalue weighted by Gasteiger charge is -2.59. The Morgan fingerprint density at radius 1 is 0.718 bits per heavy atom. The predicted octanol–water partition coefficient (Wildman–Crippen LogP) is 6.67. The van der Waals surface area contributed by atoms with Gasteiger partial charge in [-0.3, -0.25) is 34.7 Å². The fourth-order valence-corrected chi connectivity index (χ4v) is 10.5. The van der Waals surface area contributed by atoms with Crippen molar-refractivity contribution in [1.29, 1.82) is 0 Å². The zero-order valence-electron chi connectivity index (χ0n) is 43.4. The first-order chi connectivity index (χ1) is 37.1. The molecule has 2 aliphatic heterocycles. The number of likely N-dealkylation sites (N-methyl/N-ethyl adjacent to an activating group) is 1. The zero-order valence-corrected chi connectivity index (χ0v) is 43.4. The van der Waals surface area contributed by atoms with Gasteiger partial charge in [0.05, 0.1) is 62.6 Å². The molecule has 2 heterocycles. The van der Waals surface area contributed by atoms with E-state index >= 15 is 8.78 Å². The molecule has 0 aromatic heterocycles. The van der Waals surface area contributed by atoms with Gasteiger partial charge in [-0.2, -0.15) is 5.06 Å². The summed E-state index contributed by atoms with van der Waals surface area (Å²) in [5, 5.41) is 47.5. The summed E-state index contributed by atoms with van der Waals surface area (Å²) in [5.41, 5.74) is -7.24. The summed E-state index contributed by atoms with van der Waals surface area (Å²) in [7, 11) is 4.30. The smallest absolute Gasteiger partial charge is 0.443 e. The van der Waals surface area contributed by atoms with Crippen LogP contribution < -0.4 is 0 Å². The quantitative estimate of drug-likeness (QED) is 0.0359. The average molecular weight is 1090 g/mol. The lowest BCUT2D eigenvalue weighted by atomic mass is 9.51. The number of hydrogen-bond donors (Lipinski definition) is 2. The molecule has 0 spiro atoms. The van der Waals surface area contributed by atoms with E-state index in [0.29, 0.717) is 16.7 Å². The molecule has 0 radical (unpaired) electrons. The number of carboxylic acid groups (broad SMARTS) is 2. The number of esters is 2. The predicted molar refractivity (Wildman–Crippen MR) is 271 cm³/mol. The molecular weight excluding hydrogens is 1030 g/mol. The highest BCUT2D eigenvalue weighted by molar-refractivity contribution is 6.29.